The Bertz CT molecular complexity index is 525. The molecule has 0 heterocycles. The maximum atomic E-state index is 13.2. The molecule has 0 atom stereocenters. The highest BCUT2D eigenvalue weighted by molar-refractivity contribution is 5.76. The molecule has 23 heavy (non-hydrogen) atoms. The molecule has 3 nitrogen and oxygen atoms in total. The zero-order chi connectivity index (χ0) is 16.9. The number of carbonyl (C=O) groups excluding carboxylic acids is 1. The first kappa shape index (κ1) is 17.8. The van der Waals surface area contributed by atoms with Crippen molar-refractivity contribution in [1.29, 1.82) is 0 Å². The Hall–Kier alpha value is -1.56. The number of hydrogen-bond acceptors (Lipinski definition) is 2. The molecule has 1 fully saturated rings. The van der Waals surface area contributed by atoms with E-state index in [0.717, 1.165) is 31.7 Å². The number of rotatable bonds is 6. The topological polar surface area (TPSA) is 46.3 Å². The summed E-state index contributed by atoms with van der Waals surface area (Å²) in [5, 5.41) is 0. The molecule has 0 spiro atoms. The van der Waals surface area contributed by atoms with E-state index in [9.17, 15) is 18.0 Å². The SMILES string of the molecule is NCCCC(=O)N(Cc1ccccc1C(F)(F)F)C1CCCC1. The van der Waals surface area contributed by atoms with Crippen LogP contribution in [-0.4, -0.2) is 23.4 Å². The minimum absolute atomic E-state index is 0.0176. The number of halogens is 3. The molecule has 0 unspecified atom stereocenters. The molecule has 128 valence electrons. The number of nitrogens with two attached hydrogens (primary N) is 1. The first-order valence-corrected chi connectivity index (χ1v) is 8.08. The van der Waals surface area contributed by atoms with Crippen LogP contribution in [-0.2, 0) is 17.5 Å². The van der Waals surface area contributed by atoms with E-state index in [1.165, 1.54) is 12.1 Å². The van der Waals surface area contributed by atoms with Crippen LogP contribution in [0.4, 0.5) is 13.2 Å². The lowest BCUT2D eigenvalue weighted by molar-refractivity contribution is -0.140. The van der Waals surface area contributed by atoms with Crippen molar-refractivity contribution in [2.45, 2.75) is 57.3 Å². The third kappa shape index (κ3) is 4.70. The second-order valence-electron chi connectivity index (χ2n) is 6.01. The summed E-state index contributed by atoms with van der Waals surface area (Å²) in [6.45, 7) is 0.424. The third-order valence-corrected chi connectivity index (χ3v) is 4.34. The van der Waals surface area contributed by atoms with Crippen LogP contribution in [0.2, 0.25) is 0 Å². The fraction of sp³-hybridized carbons (Fsp3) is 0.588. The Kier molecular flexibility index (Phi) is 6.04. The van der Waals surface area contributed by atoms with Crippen LogP contribution in [0.1, 0.15) is 49.7 Å². The molecule has 0 bridgehead atoms. The Balaban J connectivity index is 2.22. The van der Waals surface area contributed by atoms with Gasteiger partial charge in [-0.15, -0.1) is 0 Å². The van der Waals surface area contributed by atoms with Crippen LogP contribution in [0.15, 0.2) is 24.3 Å². The maximum Gasteiger partial charge on any atom is 0.416 e. The molecule has 1 aromatic rings. The van der Waals surface area contributed by atoms with Gasteiger partial charge >= 0.3 is 6.18 Å². The van der Waals surface area contributed by atoms with Crippen LogP contribution in [0, 0.1) is 0 Å². The summed E-state index contributed by atoms with van der Waals surface area (Å²) in [5.41, 5.74) is 4.95. The summed E-state index contributed by atoms with van der Waals surface area (Å²) in [6.07, 6.45) is 0.214. The van der Waals surface area contributed by atoms with Gasteiger partial charge in [0, 0.05) is 19.0 Å². The molecular weight excluding hydrogens is 305 g/mol. The summed E-state index contributed by atoms with van der Waals surface area (Å²) < 4.78 is 39.5. The van der Waals surface area contributed by atoms with Crippen molar-refractivity contribution in [2.24, 2.45) is 5.73 Å². The Morgan fingerprint density at radius 3 is 2.48 bits per heavy atom. The number of carbonyl (C=O) groups is 1. The van der Waals surface area contributed by atoms with E-state index in [2.05, 4.69) is 0 Å². The predicted molar refractivity (Wildman–Crippen MR) is 82.5 cm³/mol. The van der Waals surface area contributed by atoms with Crippen molar-refractivity contribution >= 4 is 5.91 Å². The summed E-state index contributed by atoms with van der Waals surface area (Å²) in [5.74, 6) is -0.0978. The van der Waals surface area contributed by atoms with Gasteiger partial charge in [-0.3, -0.25) is 4.79 Å². The van der Waals surface area contributed by atoms with Crippen molar-refractivity contribution < 1.29 is 18.0 Å². The number of alkyl halides is 3. The molecule has 1 aliphatic rings. The van der Waals surface area contributed by atoms with E-state index in [1.54, 1.807) is 11.0 Å². The monoisotopic (exact) mass is 328 g/mol. The molecular formula is C17H23F3N2O. The standard InChI is InChI=1S/C17H23F3N2O/c18-17(19,20)15-9-4-1-6-13(15)12-22(14-7-2-3-8-14)16(23)10-5-11-21/h1,4,6,9,14H,2-3,5,7-8,10-12,21H2. The summed E-state index contributed by atoms with van der Waals surface area (Å²) >= 11 is 0. The van der Waals surface area contributed by atoms with Crippen LogP contribution >= 0.6 is 0 Å². The minimum Gasteiger partial charge on any atom is -0.335 e. The molecule has 2 N–H and O–H groups in total. The molecule has 1 saturated carbocycles. The summed E-state index contributed by atoms with van der Waals surface area (Å²) in [6, 6.07) is 5.54. The number of benzene rings is 1. The van der Waals surface area contributed by atoms with Gasteiger partial charge in [-0.1, -0.05) is 31.0 Å². The van der Waals surface area contributed by atoms with Gasteiger partial charge in [0.1, 0.15) is 0 Å². The van der Waals surface area contributed by atoms with Crippen LogP contribution in [0.5, 0.6) is 0 Å². The van der Waals surface area contributed by atoms with Gasteiger partial charge in [0.15, 0.2) is 0 Å². The number of nitrogens with zero attached hydrogens (tertiary/aromatic N) is 1. The number of hydrogen-bond donors (Lipinski definition) is 1. The highest BCUT2D eigenvalue weighted by atomic mass is 19.4. The fourth-order valence-corrected chi connectivity index (χ4v) is 3.15. The van der Waals surface area contributed by atoms with Gasteiger partial charge in [-0.2, -0.15) is 13.2 Å². The first-order valence-electron chi connectivity index (χ1n) is 8.08. The molecule has 1 aromatic carbocycles. The first-order chi connectivity index (χ1) is 10.9. The summed E-state index contributed by atoms with van der Waals surface area (Å²) in [7, 11) is 0. The highest BCUT2D eigenvalue weighted by Gasteiger charge is 2.34. The van der Waals surface area contributed by atoms with Gasteiger partial charge in [-0.05, 0) is 37.4 Å². The van der Waals surface area contributed by atoms with Gasteiger partial charge < -0.3 is 10.6 Å². The van der Waals surface area contributed by atoms with Crippen molar-refractivity contribution in [2.75, 3.05) is 6.54 Å². The average Bonchev–Trinajstić information content (AvgIpc) is 3.03. The molecule has 0 saturated heterocycles. The van der Waals surface area contributed by atoms with Gasteiger partial charge in [0.2, 0.25) is 5.91 Å². The normalized spacial score (nSPS) is 15.8. The lowest BCUT2D eigenvalue weighted by atomic mass is 10.0. The van der Waals surface area contributed by atoms with E-state index in [1.807, 2.05) is 0 Å². The average molecular weight is 328 g/mol. The van der Waals surface area contributed by atoms with Crippen LogP contribution in [0.25, 0.3) is 0 Å². The van der Waals surface area contributed by atoms with E-state index < -0.39 is 11.7 Å². The van der Waals surface area contributed by atoms with Crippen LogP contribution in [0.3, 0.4) is 0 Å². The maximum absolute atomic E-state index is 13.2. The van der Waals surface area contributed by atoms with Crippen molar-refractivity contribution in [1.82, 2.24) is 4.90 Å². The highest BCUT2D eigenvalue weighted by Crippen LogP contribution is 2.34. The summed E-state index contributed by atoms with van der Waals surface area (Å²) in [4.78, 5) is 14.1. The van der Waals surface area contributed by atoms with Crippen molar-refractivity contribution in [3.05, 3.63) is 35.4 Å². The fourth-order valence-electron chi connectivity index (χ4n) is 3.15. The molecule has 1 aliphatic carbocycles. The predicted octanol–water partition coefficient (Wildman–Crippen LogP) is 3.72. The van der Waals surface area contributed by atoms with Crippen molar-refractivity contribution in [3.63, 3.8) is 0 Å². The zero-order valence-corrected chi connectivity index (χ0v) is 13.1. The zero-order valence-electron chi connectivity index (χ0n) is 13.1. The minimum atomic E-state index is -4.40. The Morgan fingerprint density at radius 2 is 1.87 bits per heavy atom. The van der Waals surface area contributed by atoms with Gasteiger partial charge in [0.25, 0.3) is 0 Å². The molecule has 0 radical (unpaired) electrons. The third-order valence-electron chi connectivity index (χ3n) is 4.34. The molecule has 2 rings (SSSR count). The smallest absolute Gasteiger partial charge is 0.335 e. The largest absolute Gasteiger partial charge is 0.416 e. The van der Waals surface area contributed by atoms with E-state index in [4.69, 9.17) is 5.73 Å². The molecule has 6 heteroatoms. The molecule has 0 aromatic heterocycles. The van der Waals surface area contributed by atoms with Crippen molar-refractivity contribution in [3.8, 4) is 0 Å². The molecule has 1 amide bonds. The lowest BCUT2D eigenvalue weighted by Crippen LogP contribution is -2.38. The number of amides is 1. The van der Waals surface area contributed by atoms with Gasteiger partial charge in [-0.25, -0.2) is 0 Å². The second-order valence-corrected chi connectivity index (χ2v) is 6.01. The van der Waals surface area contributed by atoms with Gasteiger partial charge in [0.05, 0.1) is 5.56 Å². The quantitative estimate of drug-likeness (QED) is 0.865. The second kappa shape index (κ2) is 7.81. The lowest BCUT2D eigenvalue weighted by Gasteiger charge is -2.30. The Labute approximate surface area is 134 Å². The van der Waals surface area contributed by atoms with Crippen LogP contribution < -0.4 is 5.73 Å². The van der Waals surface area contributed by atoms with E-state index in [0.29, 0.717) is 19.4 Å². The Morgan fingerprint density at radius 1 is 1.22 bits per heavy atom. The van der Waals surface area contributed by atoms with E-state index >= 15 is 0 Å². The van der Waals surface area contributed by atoms with E-state index in [-0.39, 0.29) is 24.1 Å². The molecule has 0 aliphatic heterocycles.